The number of nitrogens with one attached hydrogen (secondary N) is 1. The third-order valence-electron chi connectivity index (χ3n) is 4.33. The molecule has 0 bridgehead atoms. The van der Waals surface area contributed by atoms with E-state index >= 15 is 0 Å². The van der Waals surface area contributed by atoms with Crippen LogP contribution in [0.2, 0.25) is 0 Å². The number of aromatic amines is 1. The summed E-state index contributed by atoms with van der Waals surface area (Å²) in [7, 11) is 0. The number of hydrogen-bond acceptors (Lipinski definition) is 4. The van der Waals surface area contributed by atoms with E-state index < -0.39 is 5.76 Å². The fraction of sp³-hybridized carbons (Fsp3) is 0.800. The van der Waals surface area contributed by atoms with Gasteiger partial charge in [0, 0.05) is 6.54 Å². The lowest BCUT2D eigenvalue weighted by Crippen LogP contribution is -2.28. The van der Waals surface area contributed by atoms with Crippen molar-refractivity contribution in [1.29, 1.82) is 0 Å². The van der Waals surface area contributed by atoms with Crippen LogP contribution in [0.3, 0.4) is 0 Å². The summed E-state index contributed by atoms with van der Waals surface area (Å²) in [4.78, 5) is 13.6. The molecule has 0 amide bonds. The molecule has 16 heavy (non-hydrogen) atoms. The first-order chi connectivity index (χ1) is 7.22. The van der Waals surface area contributed by atoms with Gasteiger partial charge in [0.25, 0.3) is 0 Å². The van der Waals surface area contributed by atoms with Gasteiger partial charge >= 0.3 is 5.76 Å². The van der Waals surface area contributed by atoms with E-state index in [1.165, 1.54) is 25.7 Å². The molecule has 0 radical (unpaired) electrons. The second-order valence-electron chi connectivity index (χ2n) is 4.89. The minimum absolute atomic E-state index is 0. The van der Waals surface area contributed by atoms with Gasteiger partial charge in [-0.3, -0.25) is 9.51 Å². The van der Waals surface area contributed by atoms with Gasteiger partial charge < -0.3 is 5.73 Å². The molecule has 1 unspecified atom stereocenters. The minimum Gasteiger partial charge on any atom is -0.329 e. The Morgan fingerprint density at radius 1 is 1.44 bits per heavy atom. The fourth-order valence-electron chi connectivity index (χ4n) is 3.40. The van der Waals surface area contributed by atoms with Crippen molar-refractivity contribution in [3.8, 4) is 0 Å². The van der Waals surface area contributed by atoms with Crippen molar-refractivity contribution in [3.05, 3.63) is 16.4 Å². The summed E-state index contributed by atoms with van der Waals surface area (Å²) >= 11 is 0. The average Bonchev–Trinajstić information content (AvgIpc) is 2.60. The van der Waals surface area contributed by atoms with E-state index in [0.717, 1.165) is 6.42 Å². The van der Waals surface area contributed by atoms with Crippen LogP contribution >= 0.6 is 12.4 Å². The van der Waals surface area contributed by atoms with Crippen LogP contribution in [0.4, 0.5) is 0 Å². The van der Waals surface area contributed by atoms with Crippen LogP contribution in [0.5, 0.6) is 0 Å². The molecular weight excluding hydrogens is 230 g/mol. The predicted octanol–water partition coefficient (Wildman–Crippen LogP) is 0.945. The van der Waals surface area contributed by atoms with Crippen molar-refractivity contribution in [2.45, 2.75) is 37.5 Å². The van der Waals surface area contributed by atoms with Crippen molar-refractivity contribution in [1.82, 2.24) is 10.1 Å². The maximum atomic E-state index is 11.0. The van der Waals surface area contributed by atoms with E-state index in [-0.39, 0.29) is 17.8 Å². The van der Waals surface area contributed by atoms with Gasteiger partial charge in [-0.05, 0) is 24.7 Å². The van der Waals surface area contributed by atoms with Gasteiger partial charge in [-0.25, -0.2) is 4.79 Å². The summed E-state index contributed by atoms with van der Waals surface area (Å²) in [5.41, 5.74) is 6.07. The maximum absolute atomic E-state index is 11.0. The Morgan fingerprint density at radius 2 is 2.12 bits per heavy atom. The van der Waals surface area contributed by atoms with Crippen LogP contribution in [0.25, 0.3) is 0 Å². The Balaban J connectivity index is 0.000000963. The van der Waals surface area contributed by atoms with E-state index in [1.54, 1.807) is 0 Å². The predicted molar refractivity (Wildman–Crippen MR) is 60.6 cm³/mol. The molecule has 0 saturated heterocycles. The summed E-state index contributed by atoms with van der Waals surface area (Å²) in [5.74, 6) is 0.190. The van der Waals surface area contributed by atoms with E-state index in [4.69, 9.17) is 5.73 Å². The molecule has 0 aromatic carbocycles. The topological polar surface area (TPSA) is 84.9 Å². The molecule has 1 heterocycles. The highest BCUT2D eigenvalue weighted by Crippen LogP contribution is 2.70. The number of H-pyrrole nitrogens is 1. The summed E-state index contributed by atoms with van der Waals surface area (Å²) in [5, 5.41) is 3.82. The Labute approximate surface area is 99.2 Å². The average molecular weight is 246 g/mol. The van der Waals surface area contributed by atoms with E-state index in [1.807, 2.05) is 0 Å². The lowest BCUT2D eigenvalue weighted by Gasteiger charge is -2.16. The monoisotopic (exact) mass is 245 g/mol. The molecule has 2 fully saturated rings. The Morgan fingerprint density at radius 3 is 2.62 bits per heavy atom. The van der Waals surface area contributed by atoms with E-state index in [0.29, 0.717) is 17.8 Å². The third-order valence-corrected chi connectivity index (χ3v) is 4.33. The van der Waals surface area contributed by atoms with E-state index in [9.17, 15) is 4.79 Å². The highest BCUT2D eigenvalue weighted by molar-refractivity contribution is 5.85. The zero-order valence-electron chi connectivity index (χ0n) is 8.99. The summed E-state index contributed by atoms with van der Waals surface area (Å²) in [6, 6.07) is 0. The first-order valence-corrected chi connectivity index (χ1v) is 5.49. The Kier molecular flexibility index (Phi) is 2.62. The van der Waals surface area contributed by atoms with Gasteiger partial charge in [-0.15, -0.1) is 12.4 Å². The molecule has 5 nitrogen and oxygen atoms in total. The molecule has 1 spiro atoms. The maximum Gasteiger partial charge on any atom is 0.438 e. The lowest BCUT2D eigenvalue weighted by atomic mass is 9.90. The molecule has 90 valence electrons. The zero-order chi connectivity index (χ0) is 10.5. The van der Waals surface area contributed by atoms with Crippen molar-refractivity contribution in [3.63, 3.8) is 0 Å². The number of halogens is 1. The van der Waals surface area contributed by atoms with Crippen LogP contribution in [0.15, 0.2) is 9.32 Å². The highest BCUT2D eigenvalue weighted by atomic mass is 35.5. The number of rotatable bonds is 2. The molecule has 1 atom stereocenters. The molecule has 1 aromatic heterocycles. The number of nitrogens with zero attached hydrogens (tertiary/aromatic N) is 1. The molecule has 3 rings (SSSR count). The molecule has 0 aliphatic heterocycles. The number of hydrogen-bond donors (Lipinski definition) is 2. The van der Waals surface area contributed by atoms with Crippen LogP contribution in [0, 0.1) is 5.41 Å². The van der Waals surface area contributed by atoms with Crippen LogP contribution in [-0.4, -0.2) is 16.7 Å². The van der Waals surface area contributed by atoms with Crippen LogP contribution < -0.4 is 11.5 Å². The normalized spacial score (nSPS) is 30.3. The highest BCUT2D eigenvalue weighted by Gasteiger charge is 2.69. The van der Waals surface area contributed by atoms with Crippen molar-refractivity contribution >= 4 is 12.4 Å². The minimum atomic E-state index is -0.474. The molecular formula is C10H16ClN3O2. The Hall–Kier alpha value is -0.810. The lowest BCUT2D eigenvalue weighted by molar-refractivity contribution is 0.359. The Bertz CT molecular complexity index is 435. The molecule has 6 heteroatoms. The molecule has 3 N–H and O–H groups in total. The molecule has 2 aliphatic carbocycles. The quantitative estimate of drug-likeness (QED) is 0.812. The van der Waals surface area contributed by atoms with Crippen molar-refractivity contribution < 1.29 is 4.52 Å². The van der Waals surface area contributed by atoms with Crippen LogP contribution in [0.1, 0.15) is 37.9 Å². The SMILES string of the molecule is Cl.NCC1(c2noc(=O)[nH]2)CC12CCCC2. The van der Waals surface area contributed by atoms with Gasteiger partial charge in [0.15, 0.2) is 5.82 Å². The second kappa shape index (κ2) is 3.60. The van der Waals surface area contributed by atoms with Crippen molar-refractivity contribution in [2.24, 2.45) is 11.1 Å². The first kappa shape index (κ1) is 11.7. The first-order valence-electron chi connectivity index (χ1n) is 5.49. The third kappa shape index (κ3) is 1.28. The molecule has 1 aromatic rings. The van der Waals surface area contributed by atoms with Gasteiger partial charge in [0.05, 0.1) is 5.41 Å². The summed E-state index contributed by atoms with van der Waals surface area (Å²) in [6.45, 7) is 0.551. The van der Waals surface area contributed by atoms with Crippen LogP contribution in [-0.2, 0) is 5.41 Å². The molecule has 2 aliphatic rings. The fourth-order valence-corrected chi connectivity index (χ4v) is 3.40. The van der Waals surface area contributed by atoms with E-state index in [2.05, 4.69) is 14.7 Å². The number of nitrogens with two attached hydrogens (primary N) is 1. The zero-order valence-corrected chi connectivity index (χ0v) is 9.81. The standard InChI is InChI=1S/C10H15N3O2.ClH/c11-6-10(7-12-8(14)15-13-7)5-9(10)3-1-2-4-9;/h1-6,11H2,(H,12,13,14);1H. The van der Waals surface area contributed by atoms with Gasteiger partial charge in [0.2, 0.25) is 0 Å². The summed E-state index contributed by atoms with van der Waals surface area (Å²) < 4.78 is 4.58. The van der Waals surface area contributed by atoms with Crippen molar-refractivity contribution in [2.75, 3.05) is 6.54 Å². The molecule has 2 saturated carbocycles. The number of aromatic nitrogens is 2. The van der Waals surface area contributed by atoms with Gasteiger partial charge in [-0.1, -0.05) is 18.0 Å². The summed E-state index contributed by atoms with van der Waals surface area (Å²) in [6.07, 6.45) is 6.00. The van der Waals surface area contributed by atoms with Gasteiger partial charge in [0.1, 0.15) is 0 Å². The smallest absolute Gasteiger partial charge is 0.329 e. The van der Waals surface area contributed by atoms with Gasteiger partial charge in [-0.2, -0.15) is 0 Å². The largest absolute Gasteiger partial charge is 0.438 e. The second-order valence-corrected chi connectivity index (χ2v) is 4.89.